The predicted molar refractivity (Wildman–Crippen MR) is 104 cm³/mol. The third kappa shape index (κ3) is 2.72. The number of carbonyl (C=O) groups excluding carboxylic acids is 2. The number of amides is 2. The van der Waals surface area contributed by atoms with Crippen molar-refractivity contribution in [3.8, 4) is 11.8 Å². The fourth-order valence-electron chi connectivity index (χ4n) is 3.98. The van der Waals surface area contributed by atoms with Crippen LogP contribution < -0.4 is 21.5 Å². The van der Waals surface area contributed by atoms with Gasteiger partial charge < -0.3 is 10.6 Å². The third-order valence-electron chi connectivity index (χ3n) is 5.31. The minimum absolute atomic E-state index is 0.0166. The summed E-state index contributed by atoms with van der Waals surface area (Å²) >= 11 is 0. The molecular formula is C20H19N5O3. The summed E-state index contributed by atoms with van der Waals surface area (Å²) in [6.07, 6.45) is 2.23. The van der Waals surface area contributed by atoms with E-state index in [1.807, 2.05) is 0 Å². The van der Waals surface area contributed by atoms with Crippen molar-refractivity contribution in [1.29, 1.82) is 5.26 Å². The molecule has 1 atom stereocenters. The van der Waals surface area contributed by atoms with Crippen molar-refractivity contribution < 1.29 is 9.59 Å². The smallest absolute Gasteiger partial charge is 0.262 e. The number of aromatic nitrogens is 1. The Morgan fingerprint density at radius 3 is 2.71 bits per heavy atom. The molecule has 1 unspecified atom stereocenters. The van der Waals surface area contributed by atoms with E-state index in [1.165, 1.54) is 0 Å². The summed E-state index contributed by atoms with van der Waals surface area (Å²) in [5.41, 5.74) is 7.11. The number of anilines is 2. The Labute approximate surface area is 161 Å². The van der Waals surface area contributed by atoms with E-state index < -0.39 is 17.4 Å². The average Bonchev–Trinajstić information content (AvgIpc) is 2.95. The Kier molecular flexibility index (Phi) is 4.15. The number of rotatable bonds is 2. The Hall–Kier alpha value is -3.60. The minimum Gasteiger partial charge on any atom is -0.384 e. The summed E-state index contributed by atoms with van der Waals surface area (Å²) in [4.78, 5) is 38.6. The molecule has 0 saturated carbocycles. The molecule has 1 saturated heterocycles. The number of benzene rings is 1. The summed E-state index contributed by atoms with van der Waals surface area (Å²) in [5, 5.41) is 11.8. The molecular weight excluding hydrogens is 358 g/mol. The highest BCUT2D eigenvalue weighted by atomic mass is 16.2. The van der Waals surface area contributed by atoms with Gasteiger partial charge in [-0.2, -0.15) is 5.26 Å². The lowest BCUT2D eigenvalue weighted by molar-refractivity contribution is 0.0880. The number of carbonyl (C=O) groups is 2. The number of hydrogen-bond acceptors (Lipinski definition) is 6. The fraction of sp³-hybridized carbons (Fsp3) is 0.300. The zero-order valence-electron chi connectivity index (χ0n) is 15.4. The van der Waals surface area contributed by atoms with Crippen LogP contribution in [0, 0.1) is 17.2 Å². The van der Waals surface area contributed by atoms with Crippen molar-refractivity contribution >= 4 is 23.3 Å². The van der Waals surface area contributed by atoms with Crippen LogP contribution in [0.2, 0.25) is 0 Å². The number of nitrogen functional groups attached to an aromatic ring is 1. The number of pyridine rings is 1. The highest BCUT2D eigenvalue weighted by molar-refractivity contribution is 6.23. The molecule has 2 aliphatic rings. The van der Waals surface area contributed by atoms with E-state index in [1.54, 1.807) is 18.2 Å². The normalized spacial score (nSPS) is 18.6. The Balaban J connectivity index is 1.82. The molecule has 0 aliphatic carbocycles. The number of nitrogens with zero attached hydrogens (tertiary/aromatic N) is 3. The van der Waals surface area contributed by atoms with Crippen LogP contribution in [-0.2, 0) is 0 Å². The summed E-state index contributed by atoms with van der Waals surface area (Å²) in [6, 6.07) is 8.38. The molecule has 1 aromatic carbocycles. The Morgan fingerprint density at radius 2 is 2.00 bits per heavy atom. The van der Waals surface area contributed by atoms with Gasteiger partial charge in [-0.3, -0.25) is 24.3 Å². The highest BCUT2D eigenvalue weighted by Gasteiger charge is 2.32. The van der Waals surface area contributed by atoms with Crippen LogP contribution >= 0.6 is 0 Å². The molecule has 4 rings (SSSR count). The fourth-order valence-corrected chi connectivity index (χ4v) is 3.98. The molecule has 2 amide bonds. The first-order valence-corrected chi connectivity index (χ1v) is 9.11. The maximum atomic E-state index is 12.6. The van der Waals surface area contributed by atoms with Crippen molar-refractivity contribution in [2.45, 2.75) is 19.8 Å². The summed E-state index contributed by atoms with van der Waals surface area (Å²) in [6.45, 7) is 3.93. The van der Waals surface area contributed by atoms with E-state index >= 15 is 0 Å². The molecule has 0 bridgehead atoms. The van der Waals surface area contributed by atoms with Crippen LogP contribution in [0.15, 0.2) is 29.1 Å². The van der Waals surface area contributed by atoms with Crippen LogP contribution in [0.25, 0.3) is 5.69 Å². The molecule has 2 aliphatic heterocycles. The molecule has 3 N–H and O–H groups in total. The molecule has 1 fully saturated rings. The van der Waals surface area contributed by atoms with E-state index in [0.29, 0.717) is 17.2 Å². The van der Waals surface area contributed by atoms with Crippen molar-refractivity contribution in [1.82, 2.24) is 9.88 Å². The number of fused-ring (bicyclic) bond motifs is 1. The molecule has 142 valence electrons. The van der Waals surface area contributed by atoms with Gasteiger partial charge in [0.05, 0.1) is 28.1 Å². The van der Waals surface area contributed by atoms with Gasteiger partial charge >= 0.3 is 0 Å². The van der Waals surface area contributed by atoms with Gasteiger partial charge in [0.1, 0.15) is 11.9 Å². The van der Waals surface area contributed by atoms with E-state index in [2.05, 4.69) is 23.2 Å². The van der Waals surface area contributed by atoms with Crippen LogP contribution in [0.5, 0.6) is 0 Å². The maximum absolute atomic E-state index is 12.6. The second-order valence-corrected chi connectivity index (χ2v) is 7.28. The molecule has 8 heteroatoms. The first-order chi connectivity index (χ1) is 13.4. The molecule has 3 heterocycles. The number of imide groups is 1. The van der Waals surface area contributed by atoms with Crippen molar-refractivity contribution in [2.24, 2.45) is 5.92 Å². The molecule has 0 radical (unpaired) electrons. The molecule has 0 spiro atoms. The lowest BCUT2D eigenvalue weighted by atomic mass is 9.99. The third-order valence-corrected chi connectivity index (χ3v) is 5.31. The van der Waals surface area contributed by atoms with E-state index in [-0.39, 0.29) is 16.9 Å². The maximum Gasteiger partial charge on any atom is 0.262 e. The quantitative estimate of drug-likeness (QED) is 0.763. The Morgan fingerprint density at radius 1 is 1.21 bits per heavy atom. The second kappa shape index (κ2) is 6.53. The van der Waals surface area contributed by atoms with Gasteiger partial charge in [-0.05, 0) is 37.0 Å². The number of piperidine rings is 1. The van der Waals surface area contributed by atoms with Crippen LogP contribution in [0.3, 0.4) is 0 Å². The second-order valence-electron chi connectivity index (χ2n) is 7.28. The number of nitriles is 1. The summed E-state index contributed by atoms with van der Waals surface area (Å²) in [7, 11) is 0. The molecule has 8 nitrogen and oxygen atoms in total. The van der Waals surface area contributed by atoms with E-state index in [0.717, 1.165) is 42.3 Å². The topological polar surface area (TPSA) is 121 Å². The van der Waals surface area contributed by atoms with E-state index in [9.17, 15) is 19.6 Å². The zero-order chi connectivity index (χ0) is 20.0. The lowest BCUT2D eigenvalue weighted by Gasteiger charge is -2.33. The average molecular weight is 377 g/mol. The zero-order valence-corrected chi connectivity index (χ0v) is 15.4. The van der Waals surface area contributed by atoms with Crippen LogP contribution in [0.1, 0.15) is 46.0 Å². The number of hydrogen-bond donors (Lipinski definition) is 2. The number of nitrogens with two attached hydrogens (primary N) is 1. The first kappa shape index (κ1) is 17.8. The molecule has 2 aromatic rings. The van der Waals surface area contributed by atoms with Gasteiger partial charge in [0, 0.05) is 19.2 Å². The monoisotopic (exact) mass is 377 g/mol. The van der Waals surface area contributed by atoms with Crippen LogP contribution in [-0.4, -0.2) is 29.5 Å². The summed E-state index contributed by atoms with van der Waals surface area (Å²) in [5.74, 6) is -0.839. The van der Waals surface area contributed by atoms with Crippen molar-refractivity contribution in [3.05, 3.63) is 51.3 Å². The predicted octanol–water partition coefficient (Wildman–Crippen LogP) is 1.41. The minimum atomic E-state index is -0.636. The SMILES string of the molecule is CC1CCCN(c2ccc(-n3c(N)c4c(cc3=O)C(=O)NC4=O)cc2C#N)C1. The van der Waals surface area contributed by atoms with Gasteiger partial charge in [-0.25, -0.2) is 0 Å². The van der Waals surface area contributed by atoms with Gasteiger partial charge in [-0.1, -0.05) is 6.92 Å². The molecule has 1 aromatic heterocycles. The van der Waals surface area contributed by atoms with Gasteiger partial charge in [0.15, 0.2) is 0 Å². The standard InChI is InChI=1S/C20H19N5O3/c1-11-3-2-6-24(10-11)15-5-4-13(7-12(15)9-21)25-16(26)8-14-17(18(25)22)20(28)23-19(14)27/h4-5,7-8,11H,2-3,6,10,22H2,1H3,(H,23,27,28). The van der Waals surface area contributed by atoms with Crippen molar-refractivity contribution in [3.63, 3.8) is 0 Å². The van der Waals surface area contributed by atoms with Crippen LogP contribution in [0.4, 0.5) is 11.5 Å². The summed E-state index contributed by atoms with van der Waals surface area (Å²) < 4.78 is 1.15. The number of nitrogens with one attached hydrogen (secondary N) is 1. The lowest BCUT2D eigenvalue weighted by Crippen LogP contribution is -2.34. The van der Waals surface area contributed by atoms with Gasteiger partial charge in [0.2, 0.25) is 0 Å². The molecule has 28 heavy (non-hydrogen) atoms. The van der Waals surface area contributed by atoms with Gasteiger partial charge in [-0.15, -0.1) is 0 Å². The highest BCUT2D eigenvalue weighted by Crippen LogP contribution is 2.29. The van der Waals surface area contributed by atoms with E-state index in [4.69, 9.17) is 5.73 Å². The van der Waals surface area contributed by atoms with Gasteiger partial charge in [0.25, 0.3) is 17.4 Å². The first-order valence-electron chi connectivity index (χ1n) is 9.11. The van der Waals surface area contributed by atoms with Crippen molar-refractivity contribution in [2.75, 3.05) is 23.7 Å². The largest absolute Gasteiger partial charge is 0.384 e. The Bertz CT molecular complexity index is 1110.